The molecule has 0 spiro atoms. The molecule has 2 aliphatic rings. The third-order valence-corrected chi connectivity index (χ3v) is 4.01. The number of carbonyl (C=O) groups excluding carboxylic acids is 1. The molecule has 2 N–H and O–H groups in total. The van der Waals surface area contributed by atoms with Gasteiger partial charge in [-0.05, 0) is 39.7 Å². The largest absolute Gasteiger partial charge is 0.335 e. The summed E-state index contributed by atoms with van der Waals surface area (Å²) in [5, 5.41) is 6.70. The highest BCUT2D eigenvalue weighted by molar-refractivity contribution is 5.74. The summed E-state index contributed by atoms with van der Waals surface area (Å²) in [5.74, 6) is 0. The summed E-state index contributed by atoms with van der Waals surface area (Å²) in [4.78, 5) is 14.3. The van der Waals surface area contributed by atoms with Crippen molar-refractivity contribution >= 4 is 6.03 Å². The van der Waals surface area contributed by atoms with E-state index in [1.54, 1.807) is 0 Å². The smallest absolute Gasteiger partial charge is 0.317 e. The highest BCUT2D eigenvalue weighted by Crippen LogP contribution is 2.18. The van der Waals surface area contributed by atoms with Gasteiger partial charge in [-0.1, -0.05) is 19.3 Å². The lowest BCUT2D eigenvalue weighted by atomic mass is 9.96. The van der Waals surface area contributed by atoms with Crippen LogP contribution in [0.2, 0.25) is 0 Å². The van der Waals surface area contributed by atoms with Crippen LogP contribution in [0.3, 0.4) is 0 Å². The standard InChI is InChI=1S/C14H27N3O/c1-14(2)11-17(10-6-9-15-14)13(18)16-12-7-4-3-5-8-12/h12,15H,3-11H2,1-2H3,(H,16,18). The Bertz CT molecular complexity index is 285. The molecule has 1 aliphatic carbocycles. The number of nitrogens with one attached hydrogen (secondary N) is 2. The van der Waals surface area contributed by atoms with Crippen LogP contribution in [0.5, 0.6) is 0 Å². The third kappa shape index (κ3) is 3.87. The van der Waals surface area contributed by atoms with Crippen LogP contribution in [-0.4, -0.2) is 42.1 Å². The Morgan fingerprint density at radius 3 is 2.67 bits per heavy atom. The van der Waals surface area contributed by atoms with E-state index in [1.165, 1.54) is 19.3 Å². The predicted molar refractivity (Wildman–Crippen MR) is 73.7 cm³/mol. The zero-order chi connectivity index (χ0) is 13.0. The van der Waals surface area contributed by atoms with E-state index in [0.29, 0.717) is 6.04 Å². The Morgan fingerprint density at radius 1 is 1.22 bits per heavy atom. The van der Waals surface area contributed by atoms with E-state index in [0.717, 1.165) is 38.9 Å². The molecule has 4 nitrogen and oxygen atoms in total. The lowest BCUT2D eigenvalue weighted by molar-refractivity contribution is 0.181. The zero-order valence-electron chi connectivity index (χ0n) is 11.8. The Hall–Kier alpha value is -0.770. The van der Waals surface area contributed by atoms with Crippen LogP contribution in [0.4, 0.5) is 4.79 Å². The number of amides is 2. The van der Waals surface area contributed by atoms with Gasteiger partial charge in [-0.2, -0.15) is 0 Å². The normalized spacial score (nSPS) is 25.6. The van der Waals surface area contributed by atoms with Gasteiger partial charge in [0.2, 0.25) is 0 Å². The highest BCUT2D eigenvalue weighted by Gasteiger charge is 2.28. The van der Waals surface area contributed by atoms with Crippen molar-refractivity contribution in [2.75, 3.05) is 19.6 Å². The van der Waals surface area contributed by atoms with E-state index in [-0.39, 0.29) is 11.6 Å². The molecule has 0 bridgehead atoms. The predicted octanol–water partition coefficient (Wildman–Crippen LogP) is 2.10. The molecule has 0 aromatic heterocycles. The van der Waals surface area contributed by atoms with Crippen molar-refractivity contribution in [3.8, 4) is 0 Å². The number of hydrogen-bond donors (Lipinski definition) is 2. The van der Waals surface area contributed by atoms with E-state index in [4.69, 9.17) is 0 Å². The molecule has 0 radical (unpaired) electrons. The van der Waals surface area contributed by atoms with Gasteiger partial charge in [0.15, 0.2) is 0 Å². The molecule has 104 valence electrons. The summed E-state index contributed by atoms with van der Waals surface area (Å²) < 4.78 is 0. The molecule has 4 heteroatoms. The van der Waals surface area contributed by atoms with Crippen LogP contribution in [0, 0.1) is 0 Å². The second-order valence-electron chi connectivity index (χ2n) is 6.37. The zero-order valence-corrected chi connectivity index (χ0v) is 11.8. The van der Waals surface area contributed by atoms with Crippen LogP contribution in [0.25, 0.3) is 0 Å². The summed E-state index contributed by atoms with van der Waals surface area (Å²) >= 11 is 0. The molecule has 0 aromatic carbocycles. The van der Waals surface area contributed by atoms with Gasteiger partial charge >= 0.3 is 6.03 Å². The molecule has 2 rings (SSSR count). The fourth-order valence-corrected chi connectivity index (χ4v) is 2.99. The Labute approximate surface area is 110 Å². The van der Waals surface area contributed by atoms with Gasteiger partial charge in [-0.25, -0.2) is 4.79 Å². The summed E-state index contributed by atoms with van der Waals surface area (Å²) in [6, 6.07) is 0.546. The molecule has 0 aromatic rings. The van der Waals surface area contributed by atoms with Gasteiger partial charge in [-0.3, -0.25) is 0 Å². The summed E-state index contributed by atoms with van der Waals surface area (Å²) in [5.41, 5.74) is 0.0282. The van der Waals surface area contributed by atoms with Crippen molar-refractivity contribution in [1.82, 2.24) is 15.5 Å². The van der Waals surface area contributed by atoms with Gasteiger partial charge in [0.05, 0.1) is 0 Å². The average molecular weight is 253 g/mol. The van der Waals surface area contributed by atoms with Gasteiger partial charge < -0.3 is 15.5 Å². The molecule has 1 heterocycles. The van der Waals surface area contributed by atoms with Gasteiger partial charge in [0, 0.05) is 24.7 Å². The molecule has 0 unspecified atom stereocenters. The first kappa shape index (κ1) is 13.7. The van der Waals surface area contributed by atoms with Crippen LogP contribution in [0.15, 0.2) is 0 Å². The summed E-state index contributed by atoms with van der Waals surface area (Å²) in [7, 11) is 0. The molecule has 2 fully saturated rings. The molecule has 1 saturated heterocycles. The molecule has 1 aliphatic heterocycles. The molecule has 1 saturated carbocycles. The lowest BCUT2D eigenvalue weighted by Crippen LogP contribution is -2.52. The molecular formula is C14H27N3O. The Morgan fingerprint density at radius 2 is 1.94 bits per heavy atom. The van der Waals surface area contributed by atoms with Gasteiger partial charge in [-0.15, -0.1) is 0 Å². The number of rotatable bonds is 1. The topological polar surface area (TPSA) is 44.4 Å². The molecule has 0 atom stereocenters. The van der Waals surface area contributed by atoms with Crippen molar-refractivity contribution in [2.45, 2.75) is 64.0 Å². The Kier molecular flexibility index (Phi) is 4.49. The van der Waals surface area contributed by atoms with Crippen molar-refractivity contribution < 1.29 is 4.79 Å². The minimum atomic E-state index is 0.0282. The number of hydrogen-bond acceptors (Lipinski definition) is 2. The fourth-order valence-electron chi connectivity index (χ4n) is 2.99. The van der Waals surface area contributed by atoms with E-state index >= 15 is 0 Å². The Balaban J connectivity index is 1.86. The van der Waals surface area contributed by atoms with Crippen LogP contribution in [-0.2, 0) is 0 Å². The van der Waals surface area contributed by atoms with E-state index in [1.807, 2.05) is 4.90 Å². The SMILES string of the molecule is CC1(C)CN(C(=O)NC2CCCCC2)CCCN1. The number of nitrogens with zero attached hydrogens (tertiary/aromatic N) is 1. The van der Waals surface area contributed by atoms with Crippen LogP contribution in [0.1, 0.15) is 52.4 Å². The number of carbonyl (C=O) groups is 1. The summed E-state index contributed by atoms with van der Waals surface area (Å²) in [6.45, 7) is 7.00. The highest BCUT2D eigenvalue weighted by atomic mass is 16.2. The van der Waals surface area contributed by atoms with E-state index in [9.17, 15) is 4.79 Å². The summed E-state index contributed by atoms with van der Waals surface area (Å²) in [6.07, 6.45) is 7.20. The second-order valence-corrected chi connectivity index (χ2v) is 6.37. The molecule has 2 amide bonds. The first-order chi connectivity index (χ1) is 8.57. The first-order valence-corrected chi connectivity index (χ1v) is 7.37. The minimum Gasteiger partial charge on any atom is -0.335 e. The van der Waals surface area contributed by atoms with Gasteiger partial charge in [0.1, 0.15) is 0 Å². The van der Waals surface area contributed by atoms with Gasteiger partial charge in [0.25, 0.3) is 0 Å². The third-order valence-electron chi connectivity index (χ3n) is 4.01. The monoisotopic (exact) mass is 253 g/mol. The van der Waals surface area contributed by atoms with Crippen LogP contribution >= 0.6 is 0 Å². The molecular weight excluding hydrogens is 226 g/mol. The second kappa shape index (κ2) is 5.91. The quantitative estimate of drug-likeness (QED) is 0.751. The van der Waals surface area contributed by atoms with E-state index in [2.05, 4.69) is 24.5 Å². The van der Waals surface area contributed by atoms with E-state index < -0.39 is 0 Å². The first-order valence-electron chi connectivity index (χ1n) is 7.37. The maximum atomic E-state index is 12.3. The van der Waals surface area contributed by atoms with Crippen molar-refractivity contribution in [3.05, 3.63) is 0 Å². The average Bonchev–Trinajstić information content (AvgIpc) is 2.51. The van der Waals surface area contributed by atoms with Crippen molar-refractivity contribution in [2.24, 2.45) is 0 Å². The fraction of sp³-hybridized carbons (Fsp3) is 0.929. The minimum absolute atomic E-state index is 0.0282. The molecule has 18 heavy (non-hydrogen) atoms. The number of urea groups is 1. The maximum absolute atomic E-state index is 12.3. The van der Waals surface area contributed by atoms with Crippen LogP contribution < -0.4 is 10.6 Å². The van der Waals surface area contributed by atoms with Crippen molar-refractivity contribution in [3.63, 3.8) is 0 Å². The maximum Gasteiger partial charge on any atom is 0.317 e. The lowest BCUT2D eigenvalue weighted by Gasteiger charge is -2.32. The van der Waals surface area contributed by atoms with Crippen molar-refractivity contribution in [1.29, 1.82) is 0 Å².